The van der Waals surface area contributed by atoms with Gasteiger partial charge in [0.25, 0.3) is 0 Å². The van der Waals surface area contributed by atoms with Crippen LogP contribution >= 0.6 is 0 Å². The second kappa shape index (κ2) is 9.31. The summed E-state index contributed by atoms with van der Waals surface area (Å²) in [5, 5.41) is 11.7. The Hall–Kier alpha value is -2.69. The molecule has 0 aromatic heterocycles. The van der Waals surface area contributed by atoms with Crippen molar-refractivity contribution in [2.24, 2.45) is 5.16 Å². The van der Waals surface area contributed by atoms with E-state index in [0.29, 0.717) is 31.3 Å². The molecule has 0 unspecified atom stereocenters. The molecule has 0 bridgehead atoms. The van der Waals surface area contributed by atoms with Gasteiger partial charge in [0.15, 0.2) is 11.5 Å². The summed E-state index contributed by atoms with van der Waals surface area (Å²) in [6, 6.07) is 11.6. The van der Waals surface area contributed by atoms with Gasteiger partial charge in [-0.05, 0) is 49.1 Å². The largest absolute Gasteiger partial charge is 0.490 e. The van der Waals surface area contributed by atoms with E-state index in [1.807, 2.05) is 13.0 Å². The van der Waals surface area contributed by atoms with Crippen molar-refractivity contribution in [3.05, 3.63) is 53.1 Å². The lowest BCUT2D eigenvalue weighted by Gasteiger charge is -2.23. The fourth-order valence-electron chi connectivity index (χ4n) is 2.72. The molecule has 146 valence electrons. The van der Waals surface area contributed by atoms with Gasteiger partial charge in [-0.2, -0.15) is 0 Å². The van der Waals surface area contributed by atoms with Crippen molar-refractivity contribution in [2.45, 2.75) is 40.0 Å². The average molecular weight is 371 g/mol. The summed E-state index contributed by atoms with van der Waals surface area (Å²) in [7, 11) is 0. The van der Waals surface area contributed by atoms with Gasteiger partial charge in [0.2, 0.25) is 0 Å². The molecule has 2 aromatic carbocycles. The van der Waals surface area contributed by atoms with Crippen LogP contribution in [0.4, 0.5) is 0 Å². The maximum Gasteiger partial charge on any atom is 0.161 e. The molecule has 0 heterocycles. The lowest BCUT2D eigenvalue weighted by atomic mass is 9.85. The SMILES string of the molecule is CCOc1cc(C=NO)ccc1OCCOc1ccc(C)cc1C(C)(C)C. The van der Waals surface area contributed by atoms with E-state index in [9.17, 15) is 0 Å². The number of hydrogen-bond acceptors (Lipinski definition) is 5. The van der Waals surface area contributed by atoms with E-state index in [4.69, 9.17) is 19.4 Å². The van der Waals surface area contributed by atoms with Crippen molar-refractivity contribution < 1.29 is 19.4 Å². The van der Waals surface area contributed by atoms with Gasteiger partial charge in [0.1, 0.15) is 19.0 Å². The number of aryl methyl sites for hydroxylation is 1. The van der Waals surface area contributed by atoms with Crippen LogP contribution in [0.25, 0.3) is 0 Å². The summed E-state index contributed by atoms with van der Waals surface area (Å²) in [6.45, 7) is 11.9. The van der Waals surface area contributed by atoms with Crippen LogP contribution in [-0.4, -0.2) is 31.2 Å². The Morgan fingerprint density at radius 3 is 2.22 bits per heavy atom. The van der Waals surface area contributed by atoms with E-state index in [2.05, 4.69) is 45.0 Å². The van der Waals surface area contributed by atoms with E-state index in [0.717, 1.165) is 11.3 Å². The van der Waals surface area contributed by atoms with Gasteiger partial charge in [-0.15, -0.1) is 0 Å². The Bertz CT molecular complexity index is 778. The summed E-state index contributed by atoms with van der Waals surface area (Å²) in [5.41, 5.74) is 3.15. The van der Waals surface area contributed by atoms with E-state index < -0.39 is 0 Å². The highest BCUT2D eigenvalue weighted by Crippen LogP contribution is 2.32. The summed E-state index contributed by atoms with van der Waals surface area (Å²) in [6.07, 6.45) is 1.35. The normalized spacial score (nSPS) is 11.6. The van der Waals surface area contributed by atoms with Crippen molar-refractivity contribution in [3.8, 4) is 17.2 Å². The number of nitrogens with zero attached hydrogens (tertiary/aromatic N) is 1. The highest BCUT2D eigenvalue weighted by atomic mass is 16.5. The van der Waals surface area contributed by atoms with Crippen LogP contribution in [0.5, 0.6) is 17.2 Å². The van der Waals surface area contributed by atoms with Gasteiger partial charge in [-0.1, -0.05) is 43.6 Å². The van der Waals surface area contributed by atoms with E-state index in [1.54, 1.807) is 18.2 Å². The van der Waals surface area contributed by atoms with Crippen LogP contribution in [0.1, 0.15) is 44.4 Å². The highest BCUT2D eigenvalue weighted by molar-refractivity contribution is 5.80. The fraction of sp³-hybridized carbons (Fsp3) is 0.409. The topological polar surface area (TPSA) is 60.3 Å². The molecule has 5 heteroatoms. The van der Waals surface area contributed by atoms with Crippen LogP contribution in [0.2, 0.25) is 0 Å². The summed E-state index contributed by atoms with van der Waals surface area (Å²) >= 11 is 0. The van der Waals surface area contributed by atoms with Crippen LogP contribution in [-0.2, 0) is 5.41 Å². The lowest BCUT2D eigenvalue weighted by Crippen LogP contribution is -2.16. The molecule has 0 aliphatic carbocycles. The van der Waals surface area contributed by atoms with Crippen LogP contribution in [0, 0.1) is 6.92 Å². The molecule has 0 fully saturated rings. The quantitative estimate of drug-likeness (QED) is 0.308. The van der Waals surface area contributed by atoms with Crippen LogP contribution in [0.3, 0.4) is 0 Å². The number of oxime groups is 1. The monoisotopic (exact) mass is 371 g/mol. The molecule has 27 heavy (non-hydrogen) atoms. The molecular formula is C22H29NO4. The summed E-state index contributed by atoms with van der Waals surface area (Å²) in [4.78, 5) is 0. The minimum Gasteiger partial charge on any atom is -0.490 e. The third-order valence-corrected chi connectivity index (χ3v) is 4.02. The molecule has 0 aliphatic heterocycles. The smallest absolute Gasteiger partial charge is 0.161 e. The van der Waals surface area contributed by atoms with Crippen LogP contribution in [0.15, 0.2) is 41.6 Å². The van der Waals surface area contributed by atoms with Crippen LogP contribution < -0.4 is 14.2 Å². The second-order valence-corrected chi connectivity index (χ2v) is 7.33. The molecule has 0 radical (unpaired) electrons. The number of hydrogen-bond donors (Lipinski definition) is 1. The Kier molecular flexibility index (Phi) is 7.11. The predicted molar refractivity (Wildman–Crippen MR) is 108 cm³/mol. The molecule has 0 spiro atoms. The molecule has 0 amide bonds. The Morgan fingerprint density at radius 1 is 0.926 bits per heavy atom. The molecule has 2 aromatic rings. The molecule has 0 atom stereocenters. The average Bonchev–Trinajstić information content (AvgIpc) is 2.61. The maximum absolute atomic E-state index is 8.67. The molecule has 5 nitrogen and oxygen atoms in total. The number of ether oxygens (including phenoxy) is 3. The molecule has 0 saturated heterocycles. The van der Waals surface area contributed by atoms with Gasteiger partial charge in [-0.3, -0.25) is 0 Å². The molecular weight excluding hydrogens is 342 g/mol. The van der Waals surface area contributed by atoms with E-state index >= 15 is 0 Å². The maximum atomic E-state index is 8.67. The first kappa shape index (κ1) is 20.6. The zero-order chi connectivity index (χ0) is 19.9. The molecule has 0 aliphatic rings. The Balaban J connectivity index is 2.01. The first-order valence-electron chi connectivity index (χ1n) is 9.16. The second-order valence-electron chi connectivity index (χ2n) is 7.33. The first-order valence-corrected chi connectivity index (χ1v) is 9.16. The molecule has 0 saturated carbocycles. The minimum atomic E-state index is 0.00837. The van der Waals surface area contributed by atoms with Crippen molar-refractivity contribution in [3.63, 3.8) is 0 Å². The van der Waals surface area contributed by atoms with Gasteiger partial charge in [0, 0.05) is 5.56 Å². The highest BCUT2D eigenvalue weighted by Gasteiger charge is 2.19. The lowest BCUT2D eigenvalue weighted by molar-refractivity contribution is 0.206. The van der Waals surface area contributed by atoms with Gasteiger partial charge < -0.3 is 19.4 Å². The predicted octanol–water partition coefficient (Wildman–Crippen LogP) is 4.96. The van der Waals surface area contributed by atoms with Crippen molar-refractivity contribution in [1.29, 1.82) is 0 Å². The summed E-state index contributed by atoms with van der Waals surface area (Å²) < 4.78 is 17.4. The standard InChI is InChI=1S/C22H29NO4/c1-6-25-21-14-17(15-23-24)8-10-20(21)27-12-11-26-19-9-7-16(2)13-18(19)22(3,4)5/h7-10,13-15,24H,6,11-12H2,1-5H3. The zero-order valence-corrected chi connectivity index (χ0v) is 16.8. The van der Waals surface area contributed by atoms with Gasteiger partial charge in [0.05, 0.1) is 12.8 Å². The summed E-state index contributed by atoms with van der Waals surface area (Å²) in [5.74, 6) is 2.13. The van der Waals surface area contributed by atoms with Crippen molar-refractivity contribution in [2.75, 3.05) is 19.8 Å². The van der Waals surface area contributed by atoms with E-state index in [-0.39, 0.29) is 5.41 Å². The number of rotatable bonds is 8. The van der Waals surface area contributed by atoms with Crippen molar-refractivity contribution in [1.82, 2.24) is 0 Å². The first-order chi connectivity index (χ1) is 12.8. The van der Waals surface area contributed by atoms with Gasteiger partial charge >= 0.3 is 0 Å². The molecule has 1 N–H and O–H groups in total. The van der Waals surface area contributed by atoms with Crippen molar-refractivity contribution >= 4 is 6.21 Å². The zero-order valence-electron chi connectivity index (χ0n) is 16.8. The van der Waals surface area contributed by atoms with Gasteiger partial charge in [-0.25, -0.2) is 0 Å². The Labute approximate surface area is 161 Å². The minimum absolute atomic E-state index is 0.00837. The number of benzene rings is 2. The fourth-order valence-corrected chi connectivity index (χ4v) is 2.72. The third kappa shape index (κ3) is 5.91. The molecule has 2 rings (SSSR count). The third-order valence-electron chi connectivity index (χ3n) is 4.02. The Morgan fingerprint density at radius 2 is 1.59 bits per heavy atom. The van der Waals surface area contributed by atoms with E-state index in [1.165, 1.54) is 17.3 Å².